The zero-order chi connectivity index (χ0) is 11.6. The van der Waals surface area contributed by atoms with Crippen LogP contribution in [0.4, 0.5) is 0 Å². The Balaban J connectivity index is 2.13. The normalized spacial score (nSPS) is 20.2. The molecule has 16 heavy (non-hydrogen) atoms. The second kappa shape index (κ2) is 4.58. The summed E-state index contributed by atoms with van der Waals surface area (Å²) in [6.07, 6.45) is 5.89. The second-order valence-corrected chi connectivity index (χ2v) is 5.33. The number of benzene rings is 1. The van der Waals surface area contributed by atoms with Gasteiger partial charge in [0.2, 0.25) is 0 Å². The van der Waals surface area contributed by atoms with Crippen molar-refractivity contribution in [1.82, 2.24) is 0 Å². The summed E-state index contributed by atoms with van der Waals surface area (Å²) in [5.74, 6) is 0.736. The lowest BCUT2D eigenvalue weighted by molar-refractivity contribution is 0.0161. The molecule has 0 bridgehead atoms. The van der Waals surface area contributed by atoms with E-state index >= 15 is 0 Å². The third kappa shape index (κ3) is 2.46. The highest BCUT2D eigenvalue weighted by Crippen LogP contribution is 2.38. The summed E-state index contributed by atoms with van der Waals surface area (Å²) in [4.78, 5) is 0. The Morgan fingerprint density at radius 3 is 2.69 bits per heavy atom. The highest BCUT2D eigenvalue weighted by Gasteiger charge is 2.30. The Labute approximate surface area is 98.5 Å². The van der Waals surface area contributed by atoms with E-state index < -0.39 is 5.60 Å². The average molecular weight is 218 g/mol. The van der Waals surface area contributed by atoms with Crippen LogP contribution >= 0.6 is 0 Å². The van der Waals surface area contributed by atoms with E-state index in [-0.39, 0.29) is 0 Å². The van der Waals surface area contributed by atoms with Crippen molar-refractivity contribution >= 4 is 0 Å². The number of aliphatic hydroxyl groups is 1. The number of hydrogen-bond donors (Lipinski definition) is 1. The molecule has 1 aromatic rings. The molecule has 1 saturated carbocycles. The minimum Gasteiger partial charge on any atom is -0.385 e. The van der Waals surface area contributed by atoms with Crippen molar-refractivity contribution in [3.05, 3.63) is 35.4 Å². The van der Waals surface area contributed by atoms with Crippen LogP contribution in [0, 0.1) is 5.92 Å². The molecule has 1 fully saturated rings. The van der Waals surface area contributed by atoms with Gasteiger partial charge in [0.1, 0.15) is 0 Å². The summed E-state index contributed by atoms with van der Waals surface area (Å²) in [5.41, 5.74) is 1.75. The molecule has 1 aliphatic rings. The van der Waals surface area contributed by atoms with E-state index in [1.165, 1.54) is 24.8 Å². The van der Waals surface area contributed by atoms with Crippen molar-refractivity contribution in [2.75, 3.05) is 0 Å². The molecule has 1 aliphatic carbocycles. The predicted molar refractivity (Wildman–Crippen MR) is 67.3 cm³/mol. The summed E-state index contributed by atoms with van der Waals surface area (Å²) in [5, 5.41) is 10.5. The molecule has 1 unspecified atom stereocenters. The van der Waals surface area contributed by atoms with Crippen molar-refractivity contribution in [3.63, 3.8) is 0 Å². The van der Waals surface area contributed by atoms with Crippen LogP contribution in [0.3, 0.4) is 0 Å². The van der Waals surface area contributed by atoms with Crippen molar-refractivity contribution in [1.29, 1.82) is 0 Å². The molecule has 0 radical (unpaired) electrons. The molecule has 0 aromatic heterocycles. The molecule has 0 heterocycles. The van der Waals surface area contributed by atoms with E-state index in [4.69, 9.17) is 0 Å². The van der Waals surface area contributed by atoms with Gasteiger partial charge in [-0.25, -0.2) is 0 Å². The molecule has 1 atom stereocenters. The maximum Gasteiger partial charge on any atom is 0.0871 e. The van der Waals surface area contributed by atoms with E-state index in [0.717, 1.165) is 24.3 Å². The average Bonchev–Trinajstić information content (AvgIpc) is 2.24. The zero-order valence-electron chi connectivity index (χ0n) is 10.4. The third-order valence-electron chi connectivity index (χ3n) is 3.87. The smallest absolute Gasteiger partial charge is 0.0871 e. The first-order chi connectivity index (χ1) is 7.62. The summed E-state index contributed by atoms with van der Waals surface area (Å²) in [6, 6.07) is 8.39. The van der Waals surface area contributed by atoms with E-state index in [1.54, 1.807) is 0 Å². The minimum absolute atomic E-state index is 0.643. The molecule has 1 aromatic carbocycles. The highest BCUT2D eigenvalue weighted by molar-refractivity contribution is 5.28. The Morgan fingerprint density at radius 1 is 1.38 bits per heavy atom. The first kappa shape index (κ1) is 11.7. The SMILES string of the molecule is CCc1cccc(C(C)(O)CC2CCC2)c1. The fourth-order valence-corrected chi connectivity index (χ4v) is 2.50. The standard InChI is InChI=1S/C15H22O/c1-3-12-6-5-9-14(10-12)15(2,16)11-13-7-4-8-13/h5-6,9-10,13,16H,3-4,7-8,11H2,1-2H3. The van der Waals surface area contributed by atoms with Gasteiger partial charge in [0.05, 0.1) is 5.60 Å². The van der Waals surface area contributed by atoms with Gasteiger partial charge in [-0.05, 0) is 36.8 Å². The first-order valence-electron chi connectivity index (χ1n) is 6.43. The molecule has 0 spiro atoms. The minimum atomic E-state index is -0.643. The van der Waals surface area contributed by atoms with Crippen molar-refractivity contribution in [2.24, 2.45) is 5.92 Å². The van der Waals surface area contributed by atoms with E-state index in [2.05, 4.69) is 31.2 Å². The van der Waals surface area contributed by atoms with Crippen LogP contribution in [0.15, 0.2) is 24.3 Å². The van der Waals surface area contributed by atoms with Crippen molar-refractivity contribution in [2.45, 2.75) is 51.6 Å². The van der Waals surface area contributed by atoms with Gasteiger partial charge in [-0.15, -0.1) is 0 Å². The number of aryl methyl sites for hydroxylation is 1. The topological polar surface area (TPSA) is 20.2 Å². The van der Waals surface area contributed by atoms with Gasteiger partial charge < -0.3 is 5.11 Å². The molecular formula is C15H22O. The van der Waals surface area contributed by atoms with Gasteiger partial charge in [0.25, 0.3) is 0 Å². The van der Waals surface area contributed by atoms with Gasteiger partial charge in [-0.2, -0.15) is 0 Å². The highest BCUT2D eigenvalue weighted by atomic mass is 16.3. The van der Waals surface area contributed by atoms with Crippen LogP contribution in [0.5, 0.6) is 0 Å². The van der Waals surface area contributed by atoms with E-state index in [0.29, 0.717) is 0 Å². The Hall–Kier alpha value is -0.820. The van der Waals surface area contributed by atoms with Crippen LogP contribution < -0.4 is 0 Å². The number of hydrogen-bond acceptors (Lipinski definition) is 1. The fourth-order valence-electron chi connectivity index (χ4n) is 2.50. The summed E-state index contributed by atoms with van der Waals surface area (Å²) < 4.78 is 0. The molecule has 1 nitrogen and oxygen atoms in total. The Morgan fingerprint density at radius 2 is 2.12 bits per heavy atom. The van der Waals surface area contributed by atoms with Crippen LogP contribution in [0.1, 0.15) is 50.7 Å². The van der Waals surface area contributed by atoms with Crippen LogP contribution in [-0.4, -0.2) is 5.11 Å². The lowest BCUT2D eigenvalue weighted by atomic mass is 9.75. The molecule has 2 rings (SSSR count). The fraction of sp³-hybridized carbons (Fsp3) is 0.600. The van der Waals surface area contributed by atoms with Gasteiger partial charge in [0.15, 0.2) is 0 Å². The quantitative estimate of drug-likeness (QED) is 0.818. The second-order valence-electron chi connectivity index (χ2n) is 5.33. The summed E-state index contributed by atoms with van der Waals surface area (Å²) in [6.45, 7) is 4.11. The molecule has 0 aliphatic heterocycles. The van der Waals surface area contributed by atoms with Gasteiger partial charge in [-0.3, -0.25) is 0 Å². The van der Waals surface area contributed by atoms with Crippen molar-refractivity contribution < 1.29 is 5.11 Å². The molecule has 1 N–H and O–H groups in total. The predicted octanol–water partition coefficient (Wildman–Crippen LogP) is 3.65. The summed E-state index contributed by atoms with van der Waals surface area (Å²) >= 11 is 0. The van der Waals surface area contributed by atoms with Gasteiger partial charge in [0, 0.05) is 0 Å². The van der Waals surface area contributed by atoms with Crippen molar-refractivity contribution in [3.8, 4) is 0 Å². The molecule has 88 valence electrons. The molecule has 0 saturated heterocycles. The molecular weight excluding hydrogens is 196 g/mol. The Kier molecular flexibility index (Phi) is 3.34. The monoisotopic (exact) mass is 218 g/mol. The first-order valence-corrected chi connectivity index (χ1v) is 6.43. The summed E-state index contributed by atoms with van der Waals surface area (Å²) in [7, 11) is 0. The Bertz CT molecular complexity index is 350. The van der Waals surface area contributed by atoms with Crippen LogP contribution in [-0.2, 0) is 12.0 Å². The van der Waals surface area contributed by atoms with Gasteiger partial charge >= 0.3 is 0 Å². The maximum absolute atomic E-state index is 10.5. The van der Waals surface area contributed by atoms with Crippen LogP contribution in [0.2, 0.25) is 0 Å². The van der Waals surface area contributed by atoms with Gasteiger partial charge in [-0.1, -0.05) is 50.5 Å². The lowest BCUT2D eigenvalue weighted by Crippen LogP contribution is -2.28. The largest absolute Gasteiger partial charge is 0.385 e. The third-order valence-corrected chi connectivity index (χ3v) is 3.87. The lowest BCUT2D eigenvalue weighted by Gasteiger charge is -2.34. The van der Waals surface area contributed by atoms with Crippen LogP contribution in [0.25, 0.3) is 0 Å². The zero-order valence-corrected chi connectivity index (χ0v) is 10.4. The number of rotatable bonds is 4. The van der Waals surface area contributed by atoms with E-state index in [1.807, 2.05) is 6.92 Å². The molecule has 1 heteroatoms. The molecule has 0 amide bonds. The maximum atomic E-state index is 10.5. The van der Waals surface area contributed by atoms with E-state index in [9.17, 15) is 5.11 Å².